The summed E-state index contributed by atoms with van der Waals surface area (Å²) in [6, 6.07) is 12.5. The molecule has 4 heteroatoms. The zero-order valence-electron chi connectivity index (χ0n) is 14.1. The van der Waals surface area contributed by atoms with Gasteiger partial charge in [0.2, 0.25) is 0 Å². The normalized spacial score (nSPS) is 11.5. The monoisotopic (exact) mass is 350 g/mol. The SMILES string of the molecule is C/C=C(\C=C/CF)P(c1ccc(F)cc1)c1ccc(F)cc1.CC. The lowest BCUT2D eigenvalue weighted by atomic mass is 10.3. The van der Waals surface area contributed by atoms with Gasteiger partial charge in [0.25, 0.3) is 0 Å². The third-order valence-corrected chi connectivity index (χ3v) is 5.65. The van der Waals surface area contributed by atoms with Crippen molar-refractivity contribution in [2.45, 2.75) is 20.8 Å². The maximum atomic E-state index is 13.2. The highest BCUT2D eigenvalue weighted by atomic mass is 31.1. The van der Waals surface area contributed by atoms with E-state index in [-0.39, 0.29) is 11.6 Å². The van der Waals surface area contributed by atoms with Crippen molar-refractivity contribution in [3.63, 3.8) is 0 Å². The fourth-order valence-electron chi connectivity index (χ4n) is 2.09. The van der Waals surface area contributed by atoms with Gasteiger partial charge < -0.3 is 0 Å². The van der Waals surface area contributed by atoms with E-state index in [1.54, 1.807) is 30.3 Å². The maximum absolute atomic E-state index is 13.2. The van der Waals surface area contributed by atoms with E-state index in [2.05, 4.69) is 0 Å². The van der Waals surface area contributed by atoms with Crippen LogP contribution in [0.25, 0.3) is 0 Å². The molecule has 24 heavy (non-hydrogen) atoms. The zero-order chi connectivity index (χ0) is 17.9. The Morgan fingerprint density at radius 1 is 0.875 bits per heavy atom. The molecule has 0 heterocycles. The summed E-state index contributed by atoms with van der Waals surface area (Å²) >= 11 is 0. The lowest BCUT2D eigenvalue weighted by Gasteiger charge is -2.20. The van der Waals surface area contributed by atoms with E-state index in [4.69, 9.17) is 0 Å². The topological polar surface area (TPSA) is 0 Å². The summed E-state index contributed by atoms with van der Waals surface area (Å²) in [7, 11) is -0.976. The molecule has 0 saturated carbocycles. The van der Waals surface area contributed by atoms with Crippen LogP contribution in [0.3, 0.4) is 0 Å². The van der Waals surface area contributed by atoms with Crippen LogP contribution in [-0.2, 0) is 0 Å². The molecule has 2 aromatic rings. The number of halogens is 3. The van der Waals surface area contributed by atoms with Crippen LogP contribution in [0.1, 0.15) is 20.8 Å². The number of allylic oxidation sites excluding steroid dienone is 4. The molecule has 0 unspecified atom stereocenters. The van der Waals surface area contributed by atoms with Gasteiger partial charge in [0.1, 0.15) is 18.3 Å². The molecule has 0 aromatic heterocycles. The van der Waals surface area contributed by atoms with Gasteiger partial charge in [-0.05, 0) is 55.0 Å². The van der Waals surface area contributed by atoms with Crippen LogP contribution in [0.5, 0.6) is 0 Å². The van der Waals surface area contributed by atoms with E-state index < -0.39 is 14.6 Å². The summed E-state index contributed by atoms with van der Waals surface area (Å²) in [6.45, 7) is 5.33. The van der Waals surface area contributed by atoms with Crippen molar-refractivity contribution in [3.05, 3.63) is 83.7 Å². The standard InChI is InChI=1S/C18H16F3P.C2H6/c1-2-16(4-3-13-19)22(17-9-5-14(20)6-10-17)18-11-7-15(21)8-12-18;1-2/h2-12H,13H2,1H3;1-2H3/b4-3-,16-2+;. The molecule has 0 aliphatic carbocycles. The Hall–Kier alpha value is -1.86. The minimum absolute atomic E-state index is 0.306. The molecule has 0 saturated heterocycles. The smallest absolute Gasteiger partial charge is 0.123 e. The molecular formula is C20H22F3P. The van der Waals surface area contributed by atoms with Crippen molar-refractivity contribution >= 4 is 18.5 Å². The molecule has 0 atom stereocenters. The summed E-state index contributed by atoms with van der Waals surface area (Å²) < 4.78 is 38.8. The molecule has 2 aromatic carbocycles. The Bertz CT molecular complexity index is 613. The van der Waals surface area contributed by atoms with E-state index >= 15 is 0 Å². The van der Waals surface area contributed by atoms with E-state index in [1.807, 2.05) is 26.8 Å². The third-order valence-electron chi connectivity index (χ3n) is 3.10. The first-order chi connectivity index (χ1) is 11.7. The Kier molecular flexibility index (Phi) is 9.11. The van der Waals surface area contributed by atoms with Gasteiger partial charge in [0.15, 0.2) is 0 Å². The van der Waals surface area contributed by atoms with Crippen molar-refractivity contribution in [2.75, 3.05) is 6.67 Å². The fourth-order valence-corrected chi connectivity index (χ4v) is 4.39. The molecule has 0 fully saturated rings. The number of hydrogen-bond acceptors (Lipinski definition) is 0. The van der Waals surface area contributed by atoms with Gasteiger partial charge in [-0.2, -0.15) is 0 Å². The molecule has 0 spiro atoms. The van der Waals surface area contributed by atoms with Gasteiger partial charge in [0, 0.05) is 0 Å². The number of alkyl halides is 1. The zero-order valence-corrected chi connectivity index (χ0v) is 15.0. The summed E-state index contributed by atoms with van der Waals surface area (Å²) in [5, 5.41) is 2.80. The quantitative estimate of drug-likeness (QED) is 0.468. The van der Waals surface area contributed by atoms with E-state index in [0.717, 1.165) is 15.9 Å². The Balaban J connectivity index is 0.00000139. The Morgan fingerprint density at radius 3 is 1.62 bits per heavy atom. The summed E-state index contributed by atoms with van der Waals surface area (Å²) in [5.74, 6) is -0.613. The molecule has 0 aliphatic rings. The lowest BCUT2D eigenvalue weighted by molar-refractivity contribution is 0.562. The lowest BCUT2D eigenvalue weighted by Crippen LogP contribution is -2.13. The van der Waals surface area contributed by atoms with Crippen LogP contribution in [0.15, 0.2) is 72.1 Å². The minimum Gasteiger partial charge on any atom is -0.247 e. The fraction of sp³-hybridized carbons (Fsp3) is 0.200. The van der Waals surface area contributed by atoms with Gasteiger partial charge in [-0.15, -0.1) is 0 Å². The molecular weight excluding hydrogens is 328 g/mol. The molecule has 2 rings (SSSR count). The second-order valence-electron chi connectivity index (χ2n) is 4.56. The second kappa shape index (κ2) is 10.8. The van der Waals surface area contributed by atoms with Crippen molar-refractivity contribution in [1.82, 2.24) is 0 Å². The van der Waals surface area contributed by atoms with Crippen LogP contribution in [0.4, 0.5) is 13.2 Å². The van der Waals surface area contributed by atoms with Crippen molar-refractivity contribution < 1.29 is 13.2 Å². The highest BCUT2D eigenvalue weighted by molar-refractivity contribution is 7.77. The molecule has 0 N–H and O–H groups in total. The Labute approximate surface area is 143 Å². The van der Waals surface area contributed by atoms with Crippen LogP contribution in [0, 0.1) is 11.6 Å². The maximum Gasteiger partial charge on any atom is 0.123 e. The van der Waals surface area contributed by atoms with Crippen LogP contribution >= 0.6 is 7.92 Å². The molecule has 0 amide bonds. The highest BCUT2D eigenvalue weighted by Crippen LogP contribution is 2.43. The van der Waals surface area contributed by atoms with Gasteiger partial charge >= 0.3 is 0 Å². The average Bonchev–Trinajstić information content (AvgIpc) is 2.62. The average molecular weight is 350 g/mol. The number of hydrogen-bond donors (Lipinski definition) is 0. The third kappa shape index (κ3) is 5.65. The molecule has 0 bridgehead atoms. The summed E-state index contributed by atoms with van der Waals surface area (Å²) in [5.41, 5.74) is 0. The van der Waals surface area contributed by atoms with Gasteiger partial charge in [-0.25, -0.2) is 13.2 Å². The molecule has 0 radical (unpaired) electrons. The van der Waals surface area contributed by atoms with Crippen LogP contribution in [0.2, 0.25) is 0 Å². The predicted octanol–water partition coefficient (Wildman–Crippen LogP) is 5.85. The molecule has 0 aliphatic heterocycles. The Morgan fingerprint density at radius 2 is 1.29 bits per heavy atom. The molecule has 128 valence electrons. The first-order valence-corrected chi connectivity index (χ1v) is 9.20. The van der Waals surface area contributed by atoms with E-state index in [1.165, 1.54) is 30.3 Å². The van der Waals surface area contributed by atoms with Crippen molar-refractivity contribution in [2.24, 2.45) is 0 Å². The van der Waals surface area contributed by atoms with E-state index in [9.17, 15) is 13.2 Å². The minimum atomic E-state index is -0.976. The first-order valence-electron chi connectivity index (χ1n) is 7.86. The highest BCUT2D eigenvalue weighted by Gasteiger charge is 2.17. The largest absolute Gasteiger partial charge is 0.247 e. The van der Waals surface area contributed by atoms with Crippen LogP contribution in [-0.4, -0.2) is 6.67 Å². The molecule has 0 nitrogen and oxygen atoms in total. The van der Waals surface area contributed by atoms with Crippen LogP contribution < -0.4 is 10.6 Å². The van der Waals surface area contributed by atoms with Gasteiger partial charge in [-0.1, -0.05) is 56.3 Å². The second-order valence-corrected chi connectivity index (χ2v) is 6.78. The number of rotatable bonds is 5. The van der Waals surface area contributed by atoms with Crippen molar-refractivity contribution in [1.29, 1.82) is 0 Å². The van der Waals surface area contributed by atoms with E-state index in [0.29, 0.717) is 0 Å². The number of benzene rings is 2. The summed E-state index contributed by atoms with van der Waals surface area (Å²) in [4.78, 5) is 0. The first kappa shape index (κ1) is 20.2. The predicted molar refractivity (Wildman–Crippen MR) is 99.2 cm³/mol. The van der Waals surface area contributed by atoms with Crippen molar-refractivity contribution in [3.8, 4) is 0 Å². The summed E-state index contributed by atoms with van der Waals surface area (Å²) in [6.07, 6.45) is 5.08. The van der Waals surface area contributed by atoms with Gasteiger partial charge in [-0.3, -0.25) is 0 Å². The van der Waals surface area contributed by atoms with Gasteiger partial charge in [0.05, 0.1) is 0 Å².